The SMILES string of the molecule is C=CCN1CCN(c2nn3c(NC(C)(C)C)c(-c4ccccc4)nc3s2)CC1. The molecule has 0 bridgehead atoms. The summed E-state index contributed by atoms with van der Waals surface area (Å²) in [6, 6.07) is 10.3. The molecule has 3 aromatic rings. The van der Waals surface area contributed by atoms with E-state index in [0.717, 1.165) is 59.9 Å². The average Bonchev–Trinajstić information content (AvgIpc) is 3.22. The number of piperazine rings is 1. The van der Waals surface area contributed by atoms with E-state index in [0.29, 0.717) is 0 Å². The van der Waals surface area contributed by atoms with Crippen molar-refractivity contribution in [1.29, 1.82) is 0 Å². The molecule has 0 amide bonds. The van der Waals surface area contributed by atoms with Crippen LogP contribution in [0.15, 0.2) is 43.0 Å². The fraction of sp³-hybridized carbons (Fsp3) is 0.429. The summed E-state index contributed by atoms with van der Waals surface area (Å²) in [7, 11) is 0. The van der Waals surface area contributed by atoms with E-state index >= 15 is 0 Å². The highest BCUT2D eigenvalue weighted by Crippen LogP contribution is 2.34. The quantitative estimate of drug-likeness (QED) is 0.661. The van der Waals surface area contributed by atoms with Gasteiger partial charge in [0.05, 0.1) is 0 Å². The summed E-state index contributed by atoms with van der Waals surface area (Å²) in [5.74, 6) is 0.960. The molecular weight excluding hydrogens is 368 g/mol. The summed E-state index contributed by atoms with van der Waals surface area (Å²) < 4.78 is 1.98. The van der Waals surface area contributed by atoms with Crippen molar-refractivity contribution in [3.63, 3.8) is 0 Å². The van der Waals surface area contributed by atoms with Crippen LogP contribution in [0.3, 0.4) is 0 Å². The van der Waals surface area contributed by atoms with E-state index in [-0.39, 0.29) is 5.54 Å². The van der Waals surface area contributed by atoms with Gasteiger partial charge in [-0.15, -0.1) is 11.7 Å². The lowest BCUT2D eigenvalue weighted by molar-refractivity contribution is 0.284. The number of rotatable bonds is 5. The third-order valence-electron chi connectivity index (χ3n) is 4.76. The lowest BCUT2D eigenvalue weighted by atomic mass is 10.1. The van der Waals surface area contributed by atoms with Crippen LogP contribution in [0.4, 0.5) is 10.9 Å². The first-order valence-corrected chi connectivity index (χ1v) is 10.6. The van der Waals surface area contributed by atoms with Gasteiger partial charge in [0, 0.05) is 43.8 Å². The van der Waals surface area contributed by atoms with E-state index in [4.69, 9.17) is 10.1 Å². The first-order valence-electron chi connectivity index (χ1n) is 9.76. The molecule has 1 aliphatic rings. The number of nitrogens with zero attached hydrogens (tertiary/aromatic N) is 5. The van der Waals surface area contributed by atoms with E-state index < -0.39 is 0 Å². The number of hydrogen-bond acceptors (Lipinski definition) is 6. The summed E-state index contributed by atoms with van der Waals surface area (Å²) in [6.07, 6.45) is 1.97. The Balaban J connectivity index is 1.67. The number of fused-ring (bicyclic) bond motifs is 1. The molecule has 4 rings (SSSR count). The molecule has 0 unspecified atom stereocenters. The monoisotopic (exact) mass is 396 g/mol. The summed E-state index contributed by atoms with van der Waals surface area (Å²) in [4.78, 5) is 10.6. The largest absolute Gasteiger partial charge is 0.364 e. The van der Waals surface area contributed by atoms with Crippen molar-refractivity contribution in [3.8, 4) is 11.3 Å². The highest BCUT2D eigenvalue weighted by molar-refractivity contribution is 7.20. The number of aromatic nitrogens is 3. The van der Waals surface area contributed by atoms with Gasteiger partial charge in [-0.2, -0.15) is 4.52 Å². The summed E-state index contributed by atoms with van der Waals surface area (Å²) in [6.45, 7) is 15.3. The number of hydrogen-bond donors (Lipinski definition) is 1. The van der Waals surface area contributed by atoms with Gasteiger partial charge >= 0.3 is 0 Å². The second-order valence-electron chi connectivity index (χ2n) is 8.21. The minimum Gasteiger partial charge on any atom is -0.364 e. The Morgan fingerprint density at radius 2 is 1.86 bits per heavy atom. The van der Waals surface area contributed by atoms with Crippen LogP contribution >= 0.6 is 11.3 Å². The molecule has 2 aromatic heterocycles. The summed E-state index contributed by atoms with van der Waals surface area (Å²) in [5, 5.41) is 9.59. The fourth-order valence-corrected chi connectivity index (χ4v) is 4.39. The zero-order valence-electron chi connectivity index (χ0n) is 16.9. The standard InChI is InChI=1S/C21H28N6S/c1-5-11-25-12-14-26(15-13-25)20-24-27-18(23-21(2,3)4)17(22-19(27)28-20)16-9-7-6-8-10-16/h5-10,23H,1,11-15H2,2-4H3. The van der Waals surface area contributed by atoms with Crippen molar-refractivity contribution in [1.82, 2.24) is 19.5 Å². The van der Waals surface area contributed by atoms with E-state index in [1.807, 2.05) is 28.8 Å². The molecule has 28 heavy (non-hydrogen) atoms. The first-order chi connectivity index (χ1) is 13.4. The number of benzene rings is 1. The van der Waals surface area contributed by atoms with Crippen molar-refractivity contribution in [3.05, 3.63) is 43.0 Å². The Morgan fingerprint density at radius 1 is 1.14 bits per heavy atom. The Hall–Kier alpha value is -2.38. The predicted molar refractivity (Wildman–Crippen MR) is 119 cm³/mol. The molecular formula is C21H28N6S. The van der Waals surface area contributed by atoms with Gasteiger partial charge in [0.25, 0.3) is 0 Å². The molecule has 1 saturated heterocycles. The minimum atomic E-state index is -0.0837. The van der Waals surface area contributed by atoms with Gasteiger partial charge in [-0.25, -0.2) is 4.98 Å². The molecule has 1 fully saturated rings. The van der Waals surface area contributed by atoms with Crippen molar-refractivity contribution >= 4 is 27.2 Å². The van der Waals surface area contributed by atoms with E-state index in [2.05, 4.69) is 54.6 Å². The smallest absolute Gasteiger partial charge is 0.216 e. The van der Waals surface area contributed by atoms with Crippen molar-refractivity contribution in [2.24, 2.45) is 0 Å². The second-order valence-corrected chi connectivity index (χ2v) is 9.14. The van der Waals surface area contributed by atoms with Gasteiger partial charge in [-0.3, -0.25) is 4.90 Å². The minimum absolute atomic E-state index is 0.0837. The van der Waals surface area contributed by atoms with Crippen LogP contribution in [0.2, 0.25) is 0 Å². The van der Waals surface area contributed by atoms with Gasteiger partial charge in [-0.05, 0) is 20.8 Å². The molecule has 148 valence electrons. The van der Waals surface area contributed by atoms with Crippen molar-refractivity contribution in [2.75, 3.05) is 42.9 Å². The van der Waals surface area contributed by atoms with E-state index in [9.17, 15) is 0 Å². The van der Waals surface area contributed by atoms with Crippen LogP contribution in [0.25, 0.3) is 16.2 Å². The molecule has 1 N–H and O–H groups in total. The van der Waals surface area contributed by atoms with Gasteiger partial charge in [0.2, 0.25) is 10.1 Å². The molecule has 0 atom stereocenters. The van der Waals surface area contributed by atoms with Crippen LogP contribution in [-0.4, -0.2) is 57.8 Å². The zero-order valence-corrected chi connectivity index (χ0v) is 17.7. The highest BCUT2D eigenvalue weighted by Gasteiger charge is 2.24. The van der Waals surface area contributed by atoms with Gasteiger partial charge in [0.1, 0.15) is 5.69 Å². The topological polar surface area (TPSA) is 48.7 Å². The number of imidazole rings is 1. The van der Waals surface area contributed by atoms with Crippen LogP contribution in [0.1, 0.15) is 20.8 Å². The molecule has 0 aliphatic carbocycles. The molecule has 1 aliphatic heterocycles. The average molecular weight is 397 g/mol. The molecule has 7 heteroatoms. The Labute approximate surface area is 170 Å². The lowest BCUT2D eigenvalue weighted by Crippen LogP contribution is -2.46. The van der Waals surface area contributed by atoms with Crippen molar-refractivity contribution in [2.45, 2.75) is 26.3 Å². The van der Waals surface area contributed by atoms with Gasteiger partial charge < -0.3 is 10.2 Å². The molecule has 0 spiro atoms. The maximum absolute atomic E-state index is 4.94. The Bertz CT molecular complexity index is 945. The van der Waals surface area contributed by atoms with Gasteiger partial charge in [0.15, 0.2) is 5.82 Å². The van der Waals surface area contributed by atoms with Crippen LogP contribution in [-0.2, 0) is 0 Å². The van der Waals surface area contributed by atoms with E-state index in [1.165, 1.54) is 0 Å². The third-order valence-corrected chi connectivity index (χ3v) is 5.73. The molecule has 3 heterocycles. The van der Waals surface area contributed by atoms with Crippen LogP contribution < -0.4 is 10.2 Å². The summed E-state index contributed by atoms with van der Waals surface area (Å²) in [5.41, 5.74) is 1.97. The van der Waals surface area contributed by atoms with Crippen molar-refractivity contribution < 1.29 is 0 Å². The fourth-order valence-electron chi connectivity index (χ4n) is 3.44. The molecule has 1 aromatic carbocycles. The Kier molecular flexibility index (Phi) is 5.12. The highest BCUT2D eigenvalue weighted by atomic mass is 32.1. The molecule has 0 radical (unpaired) electrons. The maximum Gasteiger partial charge on any atom is 0.216 e. The zero-order chi connectivity index (χ0) is 19.7. The summed E-state index contributed by atoms with van der Waals surface area (Å²) >= 11 is 1.66. The number of anilines is 2. The van der Waals surface area contributed by atoms with Crippen LogP contribution in [0, 0.1) is 0 Å². The predicted octanol–water partition coefficient (Wildman–Crippen LogP) is 3.98. The van der Waals surface area contributed by atoms with Crippen LogP contribution in [0.5, 0.6) is 0 Å². The maximum atomic E-state index is 4.94. The first kappa shape index (κ1) is 19.0. The van der Waals surface area contributed by atoms with E-state index in [1.54, 1.807) is 11.3 Å². The molecule has 0 saturated carbocycles. The second kappa shape index (κ2) is 7.56. The lowest BCUT2D eigenvalue weighted by Gasteiger charge is -2.33. The van der Waals surface area contributed by atoms with Gasteiger partial charge in [-0.1, -0.05) is 47.7 Å². The normalized spacial score (nSPS) is 15.9. The third kappa shape index (κ3) is 3.91. The number of nitrogens with one attached hydrogen (secondary N) is 1. The molecule has 6 nitrogen and oxygen atoms in total. The Morgan fingerprint density at radius 3 is 2.50 bits per heavy atom.